The molecule has 4 heterocycles. The van der Waals surface area contributed by atoms with Crippen LogP contribution >= 0.6 is 0 Å². The van der Waals surface area contributed by atoms with Crippen molar-refractivity contribution in [2.75, 3.05) is 66.8 Å². The Morgan fingerprint density at radius 1 is 0.463 bits per heavy atom. The Labute approximate surface area is 462 Å². The summed E-state index contributed by atoms with van der Waals surface area (Å²) in [5.74, 6) is 2.20. The molecular formula is C62H62N8O10. The number of para-hydroxylation sites is 2. The van der Waals surface area contributed by atoms with Gasteiger partial charge in [0.05, 0.1) is 61.7 Å². The minimum Gasteiger partial charge on any atom is -0.491 e. The van der Waals surface area contributed by atoms with E-state index in [1.807, 2.05) is 146 Å². The van der Waals surface area contributed by atoms with E-state index in [0.29, 0.717) is 122 Å². The second kappa shape index (κ2) is 27.1. The van der Waals surface area contributed by atoms with Gasteiger partial charge < -0.3 is 37.3 Å². The molecule has 0 spiro atoms. The number of ether oxygens (including phenoxy) is 6. The molecule has 0 aliphatic rings. The highest BCUT2D eigenvalue weighted by Gasteiger charge is 2.21. The first-order valence-electron chi connectivity index (χ1n) is 26.5. The van der Waals surface area contributed by atoms with Gasteiger partial charge in [0.1, 0.15) is 49.1 Å². The Hall–Kier alpha value is -8.94. The molecule has 10 aromatic rings. The van der Waals surface area contributed by atoms with E-state index >= 15 is 0 Å². The van der Waals surface area contributed by atoms with Gasteiger partial charge in [0.15, 0.2) is 11.5 Å². The predicted molar refractivity (Wildman–Crippen MR) is 303 cm³/mol. The predicted octanol–water partition coefficient (Wildman–Crippen LogP) is 9.33. The van der Waals surface area contributed by atoms with E-state index in [9.17, 15) is 9.59 Å². The highest BCUT2D eigenvalue weighted by molar-refractivity contribution is 5.83. The van der Waals surface area contributed by atoms with Crippen LogP contribution < -0.4 is 29.8 Å². The molecule has 410 valence electrons. The SMILES string of the molecule is CN(CCN(C)Cc1cn(CCOCCOc2cccc(-c3oc4ccccc4c(=O)c3OCc3ccccc3)c2)nn1)Cc1cn(CCOCCOc2cccc(-c3oc4ccccc4c(=O)c3OCc3ccccc3)c2)nn1. The largest absolute Gasteiger partial charge is 0.491 e. The van der Waals surface area contributed by atoms with Crippen molar-refractivity contribution in [3.63, 3.8) is 0 Å². The van der Waals surface area contributed by atoms with Crippen LogP contribution in [0.15, 0.2) is 189 Å². The summed E-state index contributed by atoms with van der Waals surface area (Å²) < 4.78 is 52.2. The molecule has 10 rings (SSSR count). The number of hydrogen-bond acceptors (Lipinski definition) is 16. The summed E-state index contributed by atoms with van der Waals surface area (Å²) in [6.45, 7) is 6.70. The smallest absolute Gasteiger partial charge is 0.235 e. The monoisotopic (exact) mass is 1080 g/mol. The molecule has 0 bridgehead atoms. The number of likely N-dealkylation sites (N-methyl/N-ethyl adjacent to an activating group) is 2. The Morgan fingerprint density at radius 2 is 0.887 bits per heavy atom. The summed E-state index contributed by atoms with van der Waals surface area (Å²) in [5.41, 5.74) is 5.42. The third kappa shape index (κ3) is 14.6. The standard InChI is InChI=1S/C62H62N8O10/c1-67(39-49-41-69(65-63-49)29-31-73-33-35-75-51-21-13-19-47(37-51)59-61(77-43-45-15-5-3-6-16-45)57(71)53-23-9-11-25-55(53)79-59)27-28-68(2)40-50-42-70(66-64-50)30-32-74-34-36-76-52-22-14-20-48(38-52)60-62(78-44-46-17-7-4-8-18-46)58(72)54-24-10-12-26-56(54)80-60/h3-26,37-38,41-42H,27-36,39-40,43-44H2,1-2H3. The fourth-order valence-electron chi connectivity index (χ4n) is 8.86. The first-order valence-corrected chi connectivity index (χ1v) is 26.5. The molecule has 0 saturated heterocycles. The minimum atomic E-state index is -0.233. The van der Waals surface area contributed by atoms with E-state index in [-0.39, 0.29) is 35.6 Å². The number of hydrogen-bond donors (Lipinski definition) is 0. The molecular weight excluding hydrogens is 1020 g/mol. The molecule has 80 heavy (non-hydrogen) atoms. The van der Waals surface area contributed by atoms with Crippen molar-refractivity contribution in [2.24, 2.45) is 0 Å². The molecule has 0 N–H and O–H groups in total. The molecule has 18 heteroatoms. The summed E-state index contributed by atoms with van der Waals surface area (Å²) in [6.07, 6.45) is 3.88. The van der Waals surface area contributed by atoms with Crippen LogP contribution in [0.25, 0.3) is 44.6 Å². The molecule has 0 amide bonds. The van der Waals surface area contributed by atoms with E-state index in [2.05, 4.69) is 44.5 Å². The van der Waals surface area contributed by atoms with Gasteiger partial charge in [-0.05, 0) is 73.8 Å². The lowest BCUT2D eigenvalue weighted by Gasteiger charge is -2.20. The number of fused-ring (bicyclic) bond motifs is 2. The summed E-state index contributed by atoms with van der Waals surface area (Å²) in [6, 6.07) is 48.5. The van der Waals surface area contributed by atoms with Gasteiger partial charge in [-0.1, -0.05) is 120 Å². The Bertz CT molecular complexity index is 3470. The van der Waals surface area contributed by atoms with Gasteiger partial charge in [0, 0.05) is 49.7 Å². The Kier molecular flexibility index (Phi) is 18.4. The first-order chi connectivity index (χ1) is 39.3. The third-order valence-corrected chi connectivity index (χ3v) is 13.0. The second-order valence-electron chi connectivity index (χ2n) is 19.1. The normalized spacial score (nSPS) is 11.5. The van der Waals surface area contributed by atoms with Crippen LogP contribution in [0.5, 0.6) is 23.0 Å². The maximum absolute atomic E-state index is 13.6. The molecule has 0 aliphatic carbocycles. The van der Waals surface area contributed by atoms with Gasteiger partial charge in [-0.25, -0.2) is 9.36 Å². The van der Waals surface area contributed by atoms with Crippen LogP contribution in [0.2, 0.25) is 0 Å². The van der Waals surface area contributed by atoms with Crippen LogP contribution in [-0.4, -0.2) is 107 Å². The van der Waals surface area contributed by atoms with E-state index in [1.54, 1.807) is 33.6 Å². The molecule has 18 nitrogen and oxygen atoms in total. The molecule has 0 atom stereocenters. The molecule has 0 unspecified atom stereocenters. The summed E-state index contributed by atoms with van der Waals surface area (Å²) >= 11 is 0. The molecule has 0 aliphatic heterocycles. The van der Waals surface area contributed by atoms with Crippen LogP contribution in [0.3, 0.4) is 0 Å². The van der Waals surface area contributed by atoms with E-state index < -0.39 is 0 Å². The summed E-state index contributed by atoms with van der Waals surface area (Å²) in [5, 5.41) is 18.3. The van der Waals surface area contributed by atoms with Crippen molar-refractivity contribution in [3.8, 4) is 45.6 Å². The van der Waals surface area contributed by atoms with Crippen LogP contribution in [0, 0.1) is 0 Å². The number of rotatable bonds is 29. The topological polar surface area (TPSA) is 184 Å². The lowest BCUT2D eigenvalue weighted by atomic mass is 10.1. The van der Waals surface area contributed by atoms with Gasteiger partial charge >= 0.3 is 0 Å². The maximum atomic E-state index is 13.6. The van der Waals surface area contributed by atoms with Gasteiger partial charge in [-0.3, -0.25) is 19.4 Å². The van der Waals surface area contributed by atoms with Crippen molar-refractivity contribution in [1.29, 1.82) is 0 Å². The molecule has 0 saturated carbocycles. The zero-order valence-corrected chi connectivity index (χ0v) is 44.7. The molecule has 0 fully saturated rings. The number of benzene rings is 6. The number of aromatic nitrogens is 6. The first kappa shape index (κ1) is 54.4. The van der Waals surface area contributed by atoms with E-state index in [4.69, 9.17) is 37.3 Å². The minimum absolute atomic E-state index is 0.151. The second-order valence-corrected chi connectivity index (χ2v) is 19.1. The van der Waals surface area contributed by atoms with E-state index in [0.717, 1.165) is 35.6 Å². The molecule has 4 aromatic heterocycles. The number of nitrogens with zero attached hydrogens (tertiary/aromatic N) is 8. The van der Waals surface area contributed by atoms with Crippen LogP contribution in [0.1, 0.15) is 22.5 Å². The molecule has 6 aromatic carbocycles. The zero-order chi connectivity index (χ0) is 54.9. The van der Waals surface area contributed by atoms with Crippen molar-refractivity contribution in [1.82, 2.24) is 39.8 Å². The third-order valence-electron chi connectivity index (χ3n) is 13.0. The molecule has 0 radical (unpaired) electrons. The Balaban J connectivity index is 0.601. The van der Waals surface area contributed by atoms with Gasteiger partial charge in [0.2, 0.25) is 22.4 Å². The zero-order valence-electron chi connectivity index (χ0n) is 44.7. The van der Waals surface area contributed by atoms with Gasteiger partial charge in [-0.15, -0.1) is 10.2 Å². The average Bonchev–Trinajstić information content (AvgIpc) is 4.17. The quantitative estimate of drug-likeness (QED) is 0.0404. The van der Waals surface area contributed by atoms with E-state index in [1.165, 1.54) is 0 Å². The highest BCUT2D eigenvalue weighted by atomic mass is 16.5. The fraction of sp³-hybridized carbons (Fsp3) is 0.258. The fourth-order valence-corrected chi connectivity index (χ4v) is 8.86. The average molecular weight is 1080 g/mol. The van der Waals surface area contributed by atoms with Crippen LogP contribution in [0.4, 0.5) is 0 Å². The van der Waals surface area contributed by atoms with Crippen molar-refractivity contribution in [2.45, 2.75) is 39.4 Å². The van der Waals surface area contributed by atoms with Crippen molar-refractivity contribution >= 4 is 21.9 Å². The highest BCUT2D eigenvalue weighted by Crippen LogP contribution is 2.35. The van der Waals surface area contributed by atoms with Crippen molar-refractivity contribution < 1.29 is 37.3 Å². The Morgan fingerprint density at radius 3 is 1.34 bits per heavy atom. The van der Waals surface area contributed by atoms with Gasteiger partial charge in [-0.2, -0.15) is 0 Å². The van der Waals surface area contributed by atoms with Gasteiger partial charge in [0.25, 0.3) is 0 Å². The summed E-state index contributed by atoms with van der Waals surface area (Å²) in [4.78, 5) is 31.7. The summed E-state index contributed by atoms with van der Waals surface area (Å²) in [7, 11) is 4.12. The lowest BCUT2D eigenvalue weighted by molar-refractivity contribution is 0.0923. The maximum Gasteiger partial charge on any atom is 0.235 e. The lowest BCUT2D eigenvalue weighted by Crippen LogP contribution is -2.30. The van der Waals surface area contributed by atoms with Crippen molar-refractivity contribution in [3.05, 3.63) is 213 Å². The van der Waals surface area contributed by atoms with Crippen LogP contribution in [-0.2, 0) is 48.9 Å².